The Kier molecular flexibility index (Phi) is 2.88. The minimum Gasteiger partial charge on any atom is -0.307 e. The lowest BCUT2D eigenvalue weighted by atomic mass is 9.98. The summed E-state index contributed by atoms with van der Waals surface area (Å²) in [5.41, 5.74) is 2.66. The highest BCUT2D eigenvalue weighted by atomic mass is 16.1. The highest BCUT2D eigenvalue weighted by Crippen LogP contribution is 2.33. The van der Waals surface area contributed by atoms with Crippen LogP contribution in [0.5, 0.6) is 0 Å². The number of piperidine rings is 1. The van der Waals surface area contributed by atoms with E-state index < -0.39 is 0 Å². The Bertz CT molecular complexity index is 698. The van der Waals surface area contributed by atoms with E-state index in [2.05, 4.69) is 29.5 Å². The lowest BCUT2D eigenvalue weighted by Crippen LogP contribution is -2.34. The normalized spacial score (nSPS) is 22.5. The van der Waals surface area contributed by atoms with Crippen molar-refractivity contribution in [2.75, 3.05) is 19.6 Å². The predicted octanol–water partition coefficient (Wildman–Crippen LogP) is 2.40. The van der Waals surface area contributed by atoms with E-state index in [9.17, 15) is 4.79 Å². The first kappa shape index (κ1) is 12.2. The molecular weight excluding hydrogens is 248 g/mol. The predicted molar refractivity (Wildman–Crippen MR) is 80.9 cm³/mol. The van der Waals surface area contributed by atoms with E-state index in [0.29, 0.717) is 5.92 Å². The lowest BCUT2D eigenvalue weighted by molar-refractivity contribution is 0.235. The van der Waals surface area contributed by atoms with Gasteiger partial charge in [0, 0.05) is 25.1 Å². The van der Waals surface area contributed by atoms with Gasteiger partial charge in [0.15, 0.2) is 0 Å². The van der Waals surface area contributed by atoms with E-state index in [1.165, 1.54) is 23.8 Å². The second-order valence-corrected chi connectivity index (χ2v) is 5.93. The second kappa shape index (κ2) is 4.74. The summed E-state index contributed by atoms with van der Waals surface area (Å²) in [4.78, 5) is 14.6. The van der Waals surface area contributed by atoms with Gasteiger partial charge in [-0.25, -0.2) is 0 Å². The van der Waals surface area contributed by atoms with Crippen LogP contribution in [0, 0.1) is 6.42 Å². The molecule has 1 aromatic carbocycles. The van der Waals surface area contributed by atoms with Crippen LogP contribution < -0.4 is 5.56 Å². The summed E-state index contributed by atoms with van der Waals surface area (Å²) < 4.78 is 1.96. The molecule has 2 aromatic rings. The van der Waals surface area contributed by atoms with Gasteiger partial charge in [0.25, 0.3) is 5.56 Å². The second-order valence-electron chi connectivity index (χ2n) is 5.93. The molecule has 0 bridgehead atoms. The largest absolute Gasteiger partial charge is 0.307 e. The first-order chi connectivity index (χ1) is 9.83. The molecule has 3 heterocycles. The van der Waals surface area contributed by atoms with Crippen LogP contribution >= 0.6 is 0 Å². The fourth-order valence-corrected chi connectivity index (χ4v) is 3.67. The van der Waals surface area contributed by atoms with Crippen molar-refractivity contribution < 1.29 is 0 Å². The molecule has 3 heteroatoms. The van der Waals surface area contributed by atoms with Crippen molar-refractivity contribution in [2.45, 2.75) is 25.3 Å². The third kappa shape index (κ3) is 1.88. The maximum absolute atomic E-state index is 12.1. The van der Waals surface area contributed by atoms with Crippen molar-refractivity contribution in [3.8, 4) is 0 Å². The first-order valence-corrected chi connectivity index (χ1v) is 7.49. The molecule has 103 valence electrons. The van der Waals surface area contributed by atoms with Gasteiger partial charge in [0.2, 0.25) is 0 Å². The fraction of sp³-hybridized carbons (Fsp3) is 0.412. The highest BCUT2D eigenvalue weighted by molar-refractivity contribution is 5.84. The topological polar surface area (TPSA) is 25.2 Å². The number of benzene rings is 1. The molecule has 0 amide bonds. The van der Waals surface area contributed by atoms with E-state index in [1.54, 1.807) is 6.07 Å². The van der Waals surface area contributed by atoms with Crippen molar-refractivity contribution in [3.63, 3.8) is 0 Å². The summed E-state index contributed by atoms with van der Waals surface area (Å²) in [6, 6.07) is 10.1. The summed E-state index contributed by atoms with van der Waals surface area (Å²) in [5.74, 6) is 0.465. The summed E-state index contributed by atoms with van der Waals surface area (Å²) in [6.07, 6.45) is 4.78. The zero-order chi connectivity index (χ0) is 13.5. The number of nitrogens with zero attached hydrogens (tertiary/aromatic N) is 2. The molecule has 0 spiro atoms. The summed E-state index contributed by atoms with van der Waals surface area (Å²) in [7, 11) is 0. The monoisotopic (exact) mass is 267 g/mol. The maximum atomic E-state index is 12.1. The standard InChI is InChI=1S/C17H19N2O/c20-16-8-7-13-5-4-6-15-14(12-19(16)17(13)15)11-18-9-2-1-3-10-18/h1,4-8,14H,2-3,9-12H2. The summed E-state index contributed by atoms with van der Waals surface area (Å²) in [6.45, 7) is 4.25. The Morgan fingerprint density at radius 1 is 1.10 bits per heavy atom. The van der Waals surface area contributed by atoms with Crippen LogP contribution in [0.1, 0.15) is 24.3 Å². The van der Waals surface area contributed by atoms with E-state index in [-0.39, 0.29) is 5.56 Å². The number of hydrogen-bond acceptors (Lipinski definition) is 2. The molecule has 1 fully saturated rings. The quantitative estimate of drug-likeness (QED) is 0.835. The number of pyridine rings is 1. The van der Waals surface area contributed by atoms with Crippen LogP contribution in [-0.2, 0) is 6.54 Å². The van der Waals surface area contributed by atoms with Crippen LogP contribution in [0.3, 0.4) is 0 Å². The van der Waals surface area contributed by atoms with Crippen molar-refractivity contribution in [3.05, 3.63) is 52.7 Å². The van der Waals surface area contributed by atoms with E-state index >= 15 is 0 Å². The molecule has 2 aliphatic rings. The number of likely N-dealkylation sites (tertiary alicyclic amines) is 1. The van der Waals surface area contributed by atoms with Gasteiger partial charge in [-0.2, -0.15) is 0 Å². The summed E-state index contributed by atoms with van der Waals surface area (Å²) in [5, 5.41) is 1.19. The van der Waals surface area contributed by atoms with Crippen LogP contribution in [-0.4, -0.2) is 29.1 Å². The van der Waals surface area contributed by atoms with Crippen LogP contribution in [0.25, 0.3) is 10.9 Å². The van der Waals surface area contributed by atoms with Gasteiger partial charge in [-0.05, 0) is 49.4 Å². The van der Waals surface area contributed by atoms with Crippen molar-refractivity contribution in [1.29, 1.82) is 0 Å². The van der Waals surface area contributed by atoms with Gasteiger partial charge in [-0.15, -0.1) is 0 Å². The molecule has 1 atom stereocenters. The highest BCUT2D eigenvalue weighted by Gasteiger charge is 2.27. The molecular formula is C17H19N2O. The Balaban J connectivity index is 1.71. The van der Waals surface area contributed by atoms with Crippen LogP contribution in [0.2, 0.25) is 0 Å². The zero-order valence-electron chi connectivity index (χ0n) is 11.6. The van der Waals surface area contributed by atoms with Crippen molar-refractivity contribution in [1.82, 2.24) is 9.47 Å². The Labute approximate surface area is 118 Å². The Morgan fingerprint density at radius 2 is 1.95 bits per heavy atom. The van der Waals surface area contributed by atoms with Gasteiger partial charge in [0.1, 0.15) is 0 Å². The van der Waals surface area contributed by atoms with Gasteiger partial charge in [-0.3, -0.25) is 4.79 Å². The minimum absolute atomic E-state index is 0.138. The lowest BCUT2D eigenvalue weighted by Gasteiger charge is -2.29. The minimum atomic E-state index is 0.138. The van der Waals surface area contributed by atoms with Crippen molar-refractivity contribution in [2.24, 2.45) is 0 Å². The molecule has 4 rings (SSSR count). The molecule has 1 radical (unpaired) electrons. The molecule has 0 saturated carbocycles. The molecule has 1 aromatic heterocycles. The SMILES string of the molecule is O=c1ccc2cccc3c2n1CC3CN1CC[CH]CC1. The summed E-state index contributed by atoms with van der Waals surface area (Å²) >= 11 is 0. The van der Waals surface area contributed by atoms with E-state index in [4.69, 9.17) is 0 Å². The Morgan fingerprint density at radius 3 is 2.80 bits per heavy atom. The number of para-hydroxylation sites is 1. The third-order valence-electron chi connectivity index (χ3n) is 4.66. The van der Waals surface area contributed by atoms with Gasteiger partial charge in [0.05, 0.1) is 5.52 Å². The molecule has 1 saturated heterocycles. The van der Waals surface area contributed by atoms with E-state index in [0.717, 1.165) is 31.7 Å². The van der Waals surface area contributed by atoms with Crippen LogP contribution in [0.15, 0.2) is 35.1 Å². The van der Waals surface area contributed by atoms with E-state index in [1.807, 2.05) is 10.6 Å². The molecule has 2 aliphatic heterocycles. The third-order valence-corrected chi connectivity index (χ3v) is 4.66. The van der Waals surface area contributed by atoms with Crippen LogP contribution in [0.4, 0.5) is 0 Å². The van der Waals surface area contributed by atoms with Gasteiger partial charge in [-0.1, -0.05) is 18.2 Å². The van der Waals surface area contributed by atoms with Crippen molar-refractivity contribution >= 4 is 10.9 Å². The van der Waals surface area contributed by atoms with Gasteiger partial charge >= 0.3 is 0 Å². The average molecular weight is 267 g/mol. The number of hydrogen-bond donors (Lipinski definition) is 0. The van der Waals surface area contributed by atoms with Gasteiger partial charge < -0.3 is 9.47 Å². The maximum Gasteiger partial charge on any atom is 0.251 e. The molecule has 20 heavy (non-hydrogen) atoms. The molecule has 3 nitrogen and oxygen atoms in total. The molecule has 0 aliphatic carbocycles. The fourth-order valence-electron chi connectivity index (χ4n) is 3.67. The number of rotatable bonds is 2. The smallest absolute Gasteiger partial charge is 0.251 e. The average Bonchev–Trinajstić information content (AvgIpc) is 2.85. The zero-order valence-corrected chi connectivity index (χ0v) is 11.6. The first-order valence-electron chi connectivity index (χ1n) is 7.49. The number of aromatic nitrogens is 1. The molecule has 1 unspecified atom stereocenters. The Hall–Kier alpha value is -1.61. The molecule has 0 N–H and O–H groups in total.